The Balaban J connectivity index is 1.28. The van der Waals surface area contributed by atoms with Crippen LogP contribution in [0, 0.1) is 6.92 Å². The maximum absolute atomic E-state index is 12.0. The molecule has 0 spiro atoms. The number of para-hydroxylation sites is 1. The van der Waals surface area contributed by atoms with Crippen LogP contribution in [0.15, 0.2) is 89.3 Å². The molecule has 1 N–H and O–H groups in total. The first-order valence-electron chi connectivity index (χ1n) is 12.1. The summed E-state index contributed by atoms with van der Waals surface area (Å²) in [6, 6.07) is 26.7. The van der Waals surface area contributed by atoms with Gasteiger partial charge in [0.05, 0.1) is 12.3 Å². The fraction of sp³-hybridized carbons (Fsp3) is 0.267. The molecule has 0 unspecified atom stereocenters. The van der Waals surface area contributed by atoms with E-state index >= 15 is 0 Å². The molecule has 0 saturated heterocycles. The van der Waals surface area contributed by atoms with E-state index in [-0.39, 0.29) is 6.42 Å². The lowest BCUT2D eigenvalue weighted by Crippen LogP contribution is -2.43. The van der Waals surface area contributed by atoms with E-state index in [0.29, 0.717) is 24.5 Å². The summed E-state index contributed by atoms with van der Waals surface area (Å²) < 4.78 is 17.6. The summed E-state index contributed by atoms with van der Waals surface area (Å²) in [5.74, 6) is 1.79. The van der Waals surface area contributed by atoms with Gasteiger partial charge in [-0.15, -0.1) is 0 Å². The van der Waals surface area contributed by atoms with Crippen LogP contribution in [0.1, 0.15) is 35.4 Å². The lowest BCUT2D eigenvalue weighted by molar-refractivity contribution is -0.153. The van der Waals surface area contributed by atoms with Gasteiger partial charge in [-0.25, -0.2) is 9.78 Å². The molecule has 0 radical (unpaired) electrons. The number of carbonyl (C=O) groups is 1. The number of rotatable bonds is 12. The zero-order valence-corrected chi connectivity index (χ0v) is 20.6. The number of aliphatic carboxylic acids is 1. The fourth-order valence-corrected chi connectivity index (χ4v) is 3.99. The largest absolute Gasteiger partial charge is 0.493 e. The van der Waals surface area contributed by atoms with E-state index in [0.717, 1.165) is 35.7 Å². The molecule has 6 heteroatoms. The SMILES string of the molecule is Cc1oc(CCc2ccccc2)nc1CCOc1ccc(C[C@](C)(Oc2ccccc2)C(=O)O)cc1. The Morgan fingerprint density at radius 3 is 2.19 bits per heavy atom. The highest BCUT2D eigenvalue weighted by molar-refractivity contribution is 5.78. The monoisotopic (exact) mass is 485 g/mol. The number of carboxylic acid groups (broad SMARTS) is 1. The molecule has 3 aromatic carbocycles. The molecule has 36 heavy (non-hydrogen) atoms. The van der Waals surface area contributed by atoms with E-state index in [9.17, 15) is 9.90 Å². The predicted molar refractivity (Wildman–Crippen MR) is 138 cm³/mol. The number of nitrogens with zero attached hydrogens (tertiary/aromatic N) is 1. The summed E-state index contributed by atoms with van der Waals surface area (Å²) in [6.07, 6.45) is 2.52. The van der Waals surface area contributed by atoms with Crippen LogP contribution in [0.5, 0.6) is 11.5 Å². The molecule has 6 nitrogen and oxygen atoms in total. The number of carboxylic acids is 1. The Labute approximate surface area is 211 Å². The first kappa shape index (κ1) is 25.0. The van der Waals surface area contributed by atoms with Gasteiger partial charge in [-0.2, -0.15) is 0 Å². The maximum Gasteiger partial charge on any atom is 0.348 e. The molecule has 1 aromatic heterocycles. The third kappa shape index (κ3) is 6.75. The molecule has 4 aromatic rings. The van der Waals surface area contributed by atoms with Crippen LogP contribution >= 0.6 is 0 Å². The molecule has 0 aliphatic carbocycles. The Hall–Kier alpha value is -4.06. The summed E-state index contributed by atoms with van der Waals surface area (Å²) >= 11 is 0. The molecule has 0 saturated carbocycles. The van der Waals surface area contributed by atoms with Crippen molar-refractivity contribution in [1.82, 2.24) is 4.98 Å². The average Bonchev–Trinajstić information content (AvgIpc) is 3.24. The molecule has 4 rings (SSSR count). The first-order valence-corrected chi connectivity index (χ1v) is 12.1. The summed E-state index contributed by atoms with van der Waals surface area (Å²) in [5, 5.41) is 9.79. The second-order valence-electron chi connectivity index (χ2n) is 8.97. The van der Waals surface area contributed by atoms with Crippen LogP contribution in [-0.2, 0) is 30.5 Å². The van der Waals surface area contributed by atoms with Crippen molar-refractivity contribution in [2.75, 3.05) is 6.61 Å². The van der Waals surface area contributed by atoms with Gasteiger partial charge in [0, 0.05) is 19.3 Å². The number of hydrogen-bond donors (Lipinski definition) is 1. The summed E-state index contributed by atoms with van der Waals surface area (Å²) in [4.78, 5) is 16.6. The number of aryl methyl sites for hydroxylation is 3. The van der Waals surface area contributed by atoms with Crippen molar-refractivity contribution in [3.63, 3.8) is 0 Å². The molecular weight excluding hydrogens is 454 g/mol. The molecule has 186 valence electrons. The van der Waals surface area contributed by atoms with Crippen molar-refractivity contribution < 1.29 is 23.8 Å². The first-order chi connectivity index (χ1) is 17.4. The van der Waals surface area contributed by atoms with E-state index in [4.69, 9.17) is 13.9 Å². The normalized spacial score (nSPS) is 12.6. The number of benzene rings is 3. The molecule has 1 heterocycles. The number of hydrogen-bond acceptors (Lipinski definition) is 5. The third-order valence-corrected chi connectivity index (χ3v) is 6.02. The predicted octanol–water partition coefficient (Wildman–Crippen LogP) is 5.85. The quantitative estimate of drug-likeness (QED) is 0.271. The van der Waals surface area contributed by atoms with Crippen LogP contribution in [0.25, 0.3) is 0 Å². The van der Waals surface area contributed by atoms with Gasteiger partial charge in [0.2, 0.25) is 5.60 Å². The van der Waals surface area contributed by atoms with Crippen molar-refractivity contribution in [3.05, 3.63) is 113 Å². The second-order valence-corrected chi connectivity index (χ2v) is 8.97. The van der Waals surface area contributed by atoms with E-state index in [1.54, 1.807) is 19.1 Å². The van der Waals surface area contributed by atoms with Crippen molar-refractivity contribution in [1.29, 1.82) is 0 Å². The summed E-state index contributed by atoms with van der Waals surface area (Å²) in [7, 11) is 0. The Morgan fingerprint density at radius 1 is 0.861 bits per heavy atom. The fourth-order valence-electron chi connectivity index (χ4n) is 3.99. The van der Waals surface area contributed by atoms with Gasteiger partial charge in [0.15, 0.2) is 5.89 Å². The van der Waals surface area contributed by atoms with Gasteiger partial charge in [0.25, 0.3) is 0 Å². The average molecular weight is 486 g/mol. The van der Waals surface area contributed by atoms with Gasteiger partial charge < -0.3 is 19.0 Å². The molecule has 0 amide bonds. The van der Waals surface area contributed by atoms with Gasteiger partial charge >= 0.3 is 5.97 Å². The van der Waals surface area contributed by atoms with Crippen molar-refractivity contribution in [2.45, 2.75) is 45.1 Å². The van der Waals surface area contributed by atoms with E-state index < -0.39 is 11.6 Å². The highest BCUT2D eigenvalue weighted by Gasteiger charge is 2.36. The van der Waals surface area contributed by atoms with Crippen molar-refractivity contribution in [3.8, 4) is 11.5 Å². The summed E-state index contributed by atoms with van der Waals surface area (Å²) in [6.45, 7) is 3.98. The molecule has 1 atom stereocenters. The van der Waals surface area contributed by atoms with Crippen LogP contribution < -0.4 is 9.47 Å². The zero-order chi connectivity index (χ0) is 25.4. The van der Waals surface area contributed by atoms with Gasteiger partial charge in [0.1, 0.15) is 17.3 Å². The van der Waals surface area contributed by atoms with E-state index in [2.05, 4.69) is 17.1 Å². The van der Waals surface area contributed by atoms with E-state index in [1.807, 2.05) is 67.6 Å². The number of aromatic nitrogens is 1. The topological polar surface area (TPSA) is 81.8 Å². The Bertz CT molecular complexity index is 1250. The second kappa shape index (κ2) is 11.6. The van der Waals surface area contributed by atoms with Crippen LogP contribution in [0.2, 0.25) is 0 Å². The lowest BCUT2D eigenvalue weighted by Gasteiger charge is -2.26. The minimum absolute atomic E-state index is 0.224. The van der Waals surface area contributed by atoms with Gasteiger partial charge in [-0.3, -0.25) is 0 Å². The Kier molecular flexibility index (Phi) is 8.06. The molecule has 0 aliphatic rings. The van der Waals surface area contributed by atoms with Gasteiger partial charge in [-0.05, 0) is 55.7 Å². The molecule has 0 bridgehead atoms. The smallest absolute Gasteiger partial charge is 0.348 e. The highest BCUT2D eigenvalue weighted by atomic mass is 16.5. The van der Waals surface area contributed by atoms with Crippen molar-refractivity contribution >= 4 is 5.97 Å². The lowest BCUT2D eigenvalue weighted by atomic mass is 9.96. The van der Waals surface area contributed by atoms with Crippen LogP contribution in [0.3, 0.4) is 0 Å². The van der Waals surface area contributed by atoms with Crippen LogP contribution in [0.4, 0.5) is 0 Å². The number of oxazole rings is 1. The third-order valence-electron chi connectivity index (χ3n) is 6.02. The minimum Gasteiger partial charge on any atom is -0.493 e. The van der Waals surface area contributed by atoms with E-state index in [1.165, 1.54) is 5.56 Å². The minimum atomic E-state index is -1.38. The van der Waals surface area contributed by atoms with Crippen LogP contribution in [-0.4, -0.2) is 28.3 Å². The standard InChI is InChI=1S/C30H31NO5/c1-22-27(31-28(35-22)18-15-23-9-5-3-6-10-23)19-20-34-25-16-13-24(14-17-25)21-30(2,29(32)33)36-26-11-7-4-8-12-26/h3-14,16-17H,15,18-21H2,1-2H3,(H,32,33)/t30-/m0/s1. The summed E-state index contributed by atoms with van der Waals surface area (Å²) in [5.41, 5.74) is 1.63. The van der Waals surface area contributed by atoms with Crippen molar-refractivity contribution in [2.24, 2.45) is 0 Å². The molecular formula is C30H31NO5. The maximum atomic E-state index is 12.0. The Morgan fingerprint density at radius 2 is 1.53 bits per heavy atom. The molecule has 0 aliphatic heterocycles. The van der Waals surface area contributed by atoms with Gasteiger partial charge in [-0.1, -0.05) is 60.7 Å². The highest BCUT2D eigenvalue weighted by Crippen LogP contribution is 2.24. The molecule has 0 fully saturated rings. The zero-order valence-electron chi connectivity index (χ0n) is 20.6. The number of ether oxygens (including phenoxy) is 2.